The molecule has 0 saturated carbocycles. The molecular formula is C24H24FNO4. The minimum Gasteiger partial charge on any atom is -0.488 e. The number of hydrogen-bond donors (Lipinski definition) is 1. The molecule has 0 amide bonds. The third-order valence-corrected chi connectivity index (χ3v) is 4.53. The van der Waals surface area contributed by atoms with Crippen LogP contribution in [0.15, 0.2) is 66.9 Å². The SMILES string of the molecule is Cc1ccc(C(=O)c2cc(F)cn2C/C=C/c2cccc(O[C@@H](C)COO)c2)cc1. The quantitative estimate of drug-likeness (QED) is 0.302. The Bertz CT molecular complexity index is 1020. The van der Waals surface area contributed by atoms with Gasteiger partial charge >= 0.3 is 0 Å². The third kappa shape index (κ3) is 5.65. The van der Waals surface area contributed by atoms with Gasteiger partial charge in [-0.2, -0.15) is 0 Å². The van der Waals surface area contributed by atoms with Crippen LogP contribution in [0.4, 0.5) is 4.39 Å². The smallest absolute Gasteiger partial charge is 0.209 e. The maximum absolute atomic E-state index is 13.9. The first-order valence-electron chi connectivity index (χ1n) is 9.63. The molecule has 3 aromatic rings. The van der Waals surface area contributed by atoms with Crippen LogP contribution in [-0.2, 0) is 11.4 Å². The first-order chi connectivity index (χ1) is 14.5. The normalized spacial score (nSPS) is 12.3. The van der Waals surface area contributed by atoms with Crippen LogP contribution in [0.25, 0.3) is 6.08 Å². The van der Waals surface area contributed by atoms with Gasteiger partial charge in [0.25, 0.3) is 0 Å². The number of hydrogen-bond acceptors (Lipinski definition) is 4. The van der Waals surface area contributed by atoms with Crippen LogP contribution < -0.4 is 4.74 Å². The van der Waals surface area contributed by atoms with Crippen LogP contribution in [0.2, 0.25) is 0 Å². The molecule has 1 aromatic heterocycles. The lowest BCUT2D eigenvalue weighted by atomic mass is 10.1. The van der Waals surface area contributed by atoms with E-state index in [0.29, 0.717) is 23.6 Å². The van der Waals surface area contributed by atoms with E-state index < -0.39 is 5.82 Å². The van der Waals surface area contributed by atoms with Crippen LogP contribution in [0.5, 0.6) is 5.75 Å². The molecule has 1 N–H and O–H groups in total. The lowest BCUT2D eigenvalue weighted by molar-refractivity contribution is -0.253. The lowest BCUT2D eigenvalue weighted by Gasteiger charge is -2.13. The molecule has 0 bridgehead atoms. The zero-order valence-corrected chi connectivity index (χ0v) is 16.9. The molecule has 156 valence electrons. The molecule has 5 nitrogen and oxygen atoms in total. The number of carbonyl (C=O) groups excluding carboxylic acids is 1. The Labute approximate surface area is 174 Å². The fourth-order valence-electron chi connectivity index (χ4n) is 3.03. The van der Waals surface area contributed by atoms with Crippen molar-refractivity contribution in [2.45, 2.75) is 26.5 Å². The number of halogens is 1. The summed E-state index contributed by atoms with van der Waals surface area (Å²) >= 11 is 0. The molecule has 1 atom stereocenters. The number of aromatic nitrogens is 1. The predicted molar refractivity (Wildman–Crippen MR) is 113 cm³/mol. The van der Waals surface area contributed by atoms with Crippen molar-refractivity contribution in [1.29, 1.82) is 0 Å². The van der Waals surface area contributed by atoms with Gasteiger partial charge in [-0.05, 0) is 31.5 Å². The molecule has 2 aromatic carbocycles. The minimum atomic E-state index is -0.450. The Morgan fingerprint density at radius 1 is 1.20 bits per heavy atom. The van der Waals surface area contributed by atoms with E-state index in [4.69, 9.17) is 9.99 Å². The van der Waals surface area contributed by atoms with Crippen molar-refractivity contribution in [1.82, 2.24) is 4.57 Å². The summed E-state index contributed by atoms with van der Waals surface area (Å²) in [6.07, 6.45) is 4.75. The summed E-state index contributed by atoms with van der Waals surface area (Å²) in [7, 11) is 0. The van der Waals surface area contributed by atoms with Gasteiger partial charge in [0.15, 0.2) is 0 Å². The van der Waals surface area contributed by atoms with E-state index in [9.17, 15) is 9.18 Å². The maximum atomic E-state index is 13.9. The third-order valence-electron chi connectivity index (χ3n) is 4.53. The van der Waals surface area contributed by atoms with Gasteiger partial charge in [0.1, 0.15) is 24.3 Å². The molecule has 0 spiro atoms. The van der Waals surface area contributed by atoms with Crippen molar-refractivity contribution < 1.29 is 24.1 Å². The van der Waals surface area contributed by atoms with E-state index in [1.54, 1.807) is 23.6 Å². The van der Waals surface area contributed by atoms with E-state index in [1.807, 2.05) is 55.5 Å². The first-order valence-corrected chi connectivity index (χ1v) is 9.63. The van der Waals surface area contributed by atoms with Gasteiger partial charge in [0.05, 0.1) is 5.69 Å². The Kier molecular flexibility index (Phi) is 7.17. The molecule has 0 aliphatic carbocycles. The van der Waals surface area contributed by atoms with E-state index in [2.05, 4.69) is 4.89 Å². The van der Waals surface area contributed by atoms with Crippen LogP contribution >= 0.6 is 0 Å². The first kappa shape index (κ1) is 21.5. The lowest BCUT2D eigenvalue weighted by Crippen LogP contribution is -2.18. The minimum absolute atomic E-state index is 0.0665. The molecule has 0 radical (unpaired) electrons. The fraction of sp³-hybridized carbons (Fsp3) is 0.208. The standard InChI is InChI=1S/C24H24FNO4/c1-17-8-10-20(11-9-17)24(27)23-14-21(25)15-26(23)12-4-6-19-5-3-7-22(13-19)30-18(2)16-29-28/h3-11,13-15,18,28H,12,16H2,1-2H3/b6-4+/t18-/m0/s1. The van der Waals surface area contributed by atoms with Crippen molar-refractivity contribution in [3.63, 3.8) is 0 Å². The van der Waals surface area contributed by atoms with Gasteiger partial charge < -0.3 is 9.30 Å². The molecule has 0 aliphatic rings. The Balaban J connectivity index is 1.71. The number of carbonyl (C=O) groups is 1. The number of nitrogens with zero attached hydrogens (tertiary/aromatic N) is 1. The monoisotopic (exact) mass is 409 g/mol. The number of rotatable bonds is 9. The molecule has 0 unspecified atom stereocenters. The number of benzene rings is 2. The number of allylic oxidation sites excluding steroid dienone is 1. The van der Waals surface area contributed by atoms with Crippen molar-refractivity contribution in [3.05, 3.63) is 95.1 Å². The van der Waals surface area contributed by atoms with Crippen molar-refractivity contribution in [2.75, 3.05) is 6.61 Å². The van der Waals surface area contributed by atoms with E-state index in [1.165, 1.54) is 12.3 Å². The molecular weight excluding hydrogens is 385 g/mol. The predicted octanol–water partition coefficient (Wildman–Crippen LogP) is 5.14. The number of ether oxygens (including phenoxy) is 1. The van der Waals surface area contributed by atoms with Crippen molar-refractivity contribution >= 4 is 11.9 Å². The highest BCUT2D eigenvalue weighted by molar-refractivity contribution is 6.08. The second-order valence-electron chi connectivity index (χ2n) is 7.09. The number of aryl methyl sites for hydroxylation is 1. The molecule has 0 fully saturated rings. The van der Waals surface area contributed by atoms with Gasteiger partial charge in [-0.25, -0.2) is 9.28 Å². The van der Waals surface area contributed by atoms with Crippen LogP contribution in [0.1, 0.15) is 34.1 Å². The summed E-state index contributed by atoms with van der Waals surface area (Å²) in [4.78, 5) is 16.9. The molecule has 30 heavy (non-hydrogen) atoms. The Hall–Kier alpha value is -3.22. The van der Waals surface area contributed by atoms with Crippen LogP contribution in [0.3, 0.4) is 0 Å². The summed E-state index contributed by atoms with van der Waals surface area (Å²) in [5.41, 5.74) is 2.77. The Morgan fingerprint density at radius 3 is 2.70 bits per heavy atom. The Morgan fingerprint density at radius 2 is 1.97 bits per heavy atom. The van der Waals surface area contributed by atoms with Crippen LogP contribution in [0, 0.1) is 12.7 Å². The summed E-state index contributed by atoms with van der Waals surface area (Å²) in [6.45, 7) is 4.14. The largest absolute Gasteiger partial charge is 0.488 e. The van der Waals surface area contributed by atoms with Gasteiger partial charge in [-0.1, -0.05) is 54.1 Å². The summed E-state index contributed by atoms with van der Waals surface area (Å²) in [5.74, 6) is -0.0268. The van der Waals surface area contributed by atoms with E-state index in [0.717, 1.165) is 11.1 Å². The second kappa shape index (κ2) is 10.0. The highest BCUT2D eigenvalue weighted by Gasteiger charge is 2.15. The zero-order chi connectivity index (χ0) is 21.5. The van der Waals surface area contributed by atoms with Gasteiger partial charge in [0.2, 0.25) is 5.78 Å². The summed E-state index contributed by atoms with van der Waals surface area (Å²) in [6, 6.07) is 15.9. The molecule has 1 heterocycles. The van der Waals surface area contributed by atoms with E-state index >= 15 is 0 Å². The highest BCUT2D eigenvalue weighted by Crippen LogP contribution is 2.18. The second-order valence-corrected chi connectivity index (χ2v) is 7.09. The van der Waals surface area contributed by atoms with Crippen LogP contribution in [-0.4, -0.2) is 28.3 Å². The zero-order valence-electron chi connectivity index (χ0n) is 16.9. The summed E-state index contributed by atoms with van der Waals surface area (Å²) in [5, 5.41) is 8.50. The van der Waals surface area contributed by atoms with Gasteiger partial charge in [-0.3, -0.25) is 10.1 Å². The van der Waals surface area contributed by atoms with E-state index in [-0.39, 0.29) is 18.5 Å². The van der Waals surface area contributed by atoms with Crippen molar-refractivity contribution in [3.8, 4) is 5.75 Å². The van der Waals surface area contributed by atoms with Gasteiger partial charge in [0, 0.05) is 24.4 Å². The number of ketones is 1. The summed E-state index contributed by atoms with van der Waals surface area (Å²) < 4.78 is 21.1. The topological polar surface area (TPSA) is 60.7 Å². The maximum Gasteiger partial charge on any atom is 0.209 e. The molecule has 0 aliphatic heterocycles. The highest BCUT2D eigenvalue weighted by atomic mass is 19.1. The fourth-order valence-corrected chi connectivity index (χ4v) is 3.03. The molecule has 3 rings (SSSR count). The average molecular weight is 409 g/mol. The molecule has 6 heteroatoms. The molecule has 0 saturated heterocycles. The van der Waals surface area contributed by atoms with Gasteiger partial charge in [-0.15, -0.1) is 0 Å². The van der Waals surface area contributed by atoms with Crippen molar-refractivity contribution in [2.24, 2.45) is 0 Å². The average Bonchev–Trinajstić information content (AvgIpc) is 3.09.